The summed E-state index contributed by atoms with van der Waals surface area (Å²) in [5.74, 6) is 3.69. The first-order valence-electron chi connectivity index (χ1n) is 15.3. The topological polar surface area (TPSA) is 26.3 Å². The van der Waals surface area contributed by atoms with E-state index < -0.39 is 0 Å². The molecule has 4 aliphatic carbocycles. The molecule has 0 aromatic heterocycles. The summed E-state index contributed by atoms with van der Waals surface area (Å²) in [4.78, 5) is 12.2. The van der Waals surface area contributed by atoms with Gasteiger partial charge in [0.2, 0.25) is 0 Å². The van der Waals surface area contributed by atoms with Crippen molar-refractivity contribution >= 4 is 5.97 Å². The highest BCUT2D eigenvalue weighted by atomic mass is 16.5. The van der Waals surface area contributed by atoms with Gasteiger partial charge in [-0.25, -0.2) is 0 Å². The molecule has 0 spiro atoms. The van der Waals surface area contributed by atoms with Crippen molar-refractivity contribution < 1.29 is 9.53 Å². The fourth-order valence-corrected chi connectivity index (χ4v) is 9.05. The number of esters is 1. The number of allylic oxidation sites excluding steroid dienone is 1. The van der Waals surface area contributed by atoms with E-state index in [2.05, 4.69) is 33.8 Å². The Balaban J connectivity index is 1.35. The van der Waals surface area contributed by atoms with Gasteiger partial charge in [0.15, 0.2) is 0 Å². The van der Waals surface area contributed by atoms with Crippen molar-refractivity contribution in [2.24, 2.45) is 34.5 Å². The minimum absolute atomic E-state index is 0.0283. The van der Waals surface area contributed by atoms with Gasteiger partial charge < -0.3 is 4.74 Å². The summed E-state index contributed by atoms with van der Waals surface area (Å²) < 4.78 is 5.91. The van der Waals surface area contributed by atoms with Gasteiger partial charge in [0.1, 0.15) is 6.10 Å². The molecule has 3 fully saturated rings. The molecule has 0 aliphatic heterocycles. The number of rotatable bonds is 11. The van der Waals surface area contributed by atoms with Crippen molar-refractivity contribution in [3.05, 3.63) is 11.6 Å². The highest BCUT2D eigenvalue weighted by molar-refractivity contribution is 5.69. The molecule has 4 rings (SSSR count). The van der Waals surface area contributed by atoms with Gasteiger partial charge in [0.05, 0.1) is 0 Å². The Morgan fingerprint density at radius 3 is 2.47 bits per heavy atom. The van der Waals surface area contributed by atoms with E-state index in [1.807, 2.05) is 0 Å². The van der Waals surface area contributed by atoms with Crippen molar-refractivity contribution in [2.45, 2.75) is 149 Å². The molecule has 0 N–H and O–H groups in total. The number of ether oxygens (including phenoxy) is 1. The monoisotopic (exact) mass is 470 g/mol. The first-order valence-corrected chi connectivity index (χ1v) is 15.3. The van der Waals surface area contributed by atoms with E-state index in [0.717, 1.165) is 49.4 Å². The lowest BCUT2D eigenvalue weighted by atomic mass is 9.47. The van der Waals surface area contributed by atoms with Crippen LogP contribution in [0.3, 0.4) is 0 Å². The zero-order valence-electron chi connectivity index (χ0n) is 23.0. The molecule has 0 heterocycles. The van der Waals surface area contributed by atoms with Crippen LogP contribution in [0.5, 0.6) is 0 Å². The molecule has 4 aliphatic rings. The molecule has 194 valence electrons. The molecule has 0 saturated heterocycles. The van der Waals surface area contributed by atoms with Crippen molar-refractivity contribution in [3.63, 3.8) is 0 Å². The number of hydrogen-bond donors (Lipinski definition) is 0. The number of carbonyl (C=O) groups excluding carboxylic acids is 1. The van der Waals surface area contributed by atoms with E-state index in [4.69, 9.17) is 4.74 Å². The van der Waals surface area contributed by atoms with Crippen LogP contribution < -0.4 is 0 Å². The van der Waals surface area contributed by atoms with Gasteiger partial charge in [-0.2, -0.15) is 0 Å². The Morgan fingerprint density at radius 1 is 0.912 bits per heavy atom. The van der Waals surface area contributed by atoms with Crippen LogP contribution in [0, 0.1) is 34.5 Å². The van der Waals surface area contributed by atoms with Gasteiger partial charge in [-0.15, -0.1) is 0 Å². The highest BCUT2D eigenvalue weighted by Gasteiger charge is 2.58. The summed E-state index contributed by atoms with van der Waals surface area (Å²) in [7, 11) is 0. The molecule has 3 saturated carbocycles. The lowest BCUT2D eigenvalue weighted by Gasteiger charge is -2.58. The minimum Gasteiger partial charge on any atom is -0.462 e. The third kappa shape index (κ3) is 5.31. The summed E-state index contributed by atoms with van der Waals surface area (Å²) in [5.41, 5.74) is 2.59. The Kier molecular flexibility index (Phi) is 8.90. The van der Waals surface area contributed by atoms with Crippen LogP contribution in [-0.2, 0) is 9.53 Å². The molecule has 0 unspecified atom stereocenters. The maximum atomic E-state index is 12.2. The van der Waals surface area contributed by atoms with Gasteiger partial charge in [-0.1, -0.05) is 84.3 Å². The average Bonchev–Trinajstić information content (AvgIpc) is 3.16. The number of hydrogen-bond acceptors (Lipinski definition) is 2. The fraction of sp³-hybridized carbons (Fsp3) is 0.906. The van der Waals surface area contributed by atoms with Crippen LogP contribution >= 0.6 is 0 Å². The first kappa shape index (κ1) is 26.3. The SMILES string of the molecule is CCCCCCCC[C@H]1CC[C@H]2[C@H]3CC=C4C[C@@H](OC(=O)CCCC)CC[C@]4(C)[C@@H]3CC[C@]12C. The van der Waals surface area contributed by atoms with Crippen molar-refractivity contribution in [2.75, 3.05) is 0 Å². The molecule has 34 heavy (non-hydrogen) atoms. The standard InChI is InChI=1S/C32H54O2/c1-5-7-9-10-11-12-13-24-16-18-28-27-17-15-25-23-26(34-30(33)14-8-6-2)19-21-32(25,4)29(27)20-22-31(24,28)3/h15,24,26-29H,5-14,16-23H2,1-4H3/t24-,26-,27+,28-,29+,31+,32-/m0/s1. The van der Waals surface area contributed by atoms with E-state index in [-0.39, 0.29) is 12.1 Å². The lowest BCUT2D eigenvalue weighted by Crippen LogP contribution is -2.50. The van der Waals surface area contributed by atoms with Crippen molar-refractivity contribution in [1.29, 1.82) is 0 Å². The predicted octanol–water partition coefficient (Wildman–Crippen LogP) is 9.42. The zero-order valence-corrected chi connectivity index (χ0v) is 23.0. The summed E-state index contributed by atoms with van der Waals surface area (Å²) >= 11 is 0. The Bertz CT molecular complexity index is 710. The number of carbonyl (C=O) groups is 1. The van der Waals surface area contributed by atoms with E-state index in [1.54, 1.807) is 5.57 Å². The van der Waals surface area contributed by atoms with E-state index in [1.165, 1.54) is 83.5 Å². The van der Waals surface area contributed by atoms with Gasteiger partial charge in [-0.05, 0) is 92.3 Å². The Morgan fingerprint density at radius 2 is 1.68 bits per heavy atom. The van der Waals surface area contributed by atoms with Crippen molar-refractivity contribution in [3.8, 4) is 0 Å². The summed E-state index contributed by atoms with van der Waals surface area (Å²) in [6.07, 6.45) is 25.9. The molecule has 0 radical (unpaired) electrons. The summed E-state index contributed by atoms with van der Waals surface area (Å²) in [6, 6.07) is 0. The third-order valence-corrected chi connectivity index (χ3v) is 11.2. The molecule has 2 nitrogen and oxygen atoms in total. The lowest BCUT2D eigenvalue weighted by molar-refractivity contribution is -0.151. The van der Waals surface area contributed by atoms with E-state index in [9.17, 15) is 4.79 Å². The smallest absolute Gasteiger partial charge is 0.306 e. The summed E-state index contributed by atoms with van der Waals surface area (Å²) in [5, 5.41) is 0. The van der Waals surface area contributed by atoms with Gasteiger partial charge >= 0.3 is 5.97 Å². The van der Waals surface area contributed by atoms with Gasteiger partial charge in [0, 0.05) is 12.8 Å². The first-order chi connectivity index (χ1) is 16.4. The van der Waals surface area contributed by atoms with Crippen LogP contribution in [0.25, 0.3) is 0 Å². The average molecular weight is 471 g/mol. The maximum Gasteiger partial charge on any atom is 0.306 e. The molecule has 0 amide bonds. The number of fused-ring (bicyclic) bond motifs is 5. The van der Waals surface area contributed by atoms with Crippen LogP contribution in [0.1, 0.15) is 143 Å². The second-order valence-corrected chi connectivity index (χ2v) is 13.1. The third-order valence-electron chi connectivity index (χ3n) is 11.2. The molecule has 2 heteroatoms. The van der Waals surface area contributed by atoms with Crippen molar-refractivity contribution in [1.82, 2.24) is 0 Å². The molecule has 0 aromatic carbocycles. The second-order valence-electron chi connectivity index (χ2n) is 13.1. The molecular weight excluding hydrogens is 416 g/mol. The number of unbranched alkanes of at least 4 members (excludes halogenated alkanes) is 6. The predicted molar refractivity (Wildman–Crippen MR) is 143 cm³/mol. The minimum atomic E-state index is 0.0283. The maximum absolute atomic E-state index is 12.2. The Labute approximate surface area is 211 Å². The largest absolute Gasteiger partial charge is 0.462 e. The normalized spacial score (nSPS) is 39.1. The quantitative estimate of drug-likeness (QED) is 0.171. The molecule has 0 aromatic rings. The molecular formula is C32H54O2. The Hall–Kier alpha value is -0.790. The highest BCUT2D eigenvalue weighted by Crippen LogP contribution is 2.66. The molecule has 7 atom stereocenters. The van der Waals surface area contributed by atoms with E-state index in [0.29, 0.717) is 17.3 Å². The molecule has 0 bridgehead atoms. The second kappa shape index (κ2) is 11.5. The van der Waals surface area contributed by atoms with E-state index >= 15 is 0 Å². The summed E-state index contributed by atoms with van der Waals surface area (Å²) in [6.45, 7) is 9.72. The van der Waals surface area contributed by atoms with Crippen LogP contribution in [0.15, 0.2) is 11.6 Å². The fourth-order valence-electron chi connectivity index (χ4n) is 9.05. The van der Waals surface area contributed by atoms with Crippen LogP contribution in [0.2, 0.25) is 0 Å². The van der Waals surface area contributed by atoms with Crippen LogP contribution in [0.4, 0.5) is 0 Å². The van der Waals surface area contributed by atoms with Crippen LogP contribution in [-0.4, -0.2) is 12.1 Å². The van der Waals surface area contributed by atoms with Gasteiger partial charge in [0.25, 0.3) is 0 Å². The van der Waals surface area contributed by atoms with Gasteiger partial charge in [-0.3, -0.25) is 4.79 Å². The zero-order chi connectivity index (χ0) is 24.2.